The van der Waals surface area contributed by atoms with E-state index >= 15 is 0 Å². The van der Waals surface area contributed by atoms with Crippen molar-refractivity contribution in [3.8, 4) is 0 Å². The van der Waals surface area contributed by atoms with Crippen LogP contribution in [0.5, 0.6) is 0 Å². The van der Waals surface area contributed by atoms with Gasteiger partial charge in [-0.1, -0.05) is 0 Å². The monoisotopic (exact) mass is 331 g/mol. The summed E-state index contributed by atoms with van der Waals surface area (Å²) >= 11 is 0. The van der Waals surface area contributed by atoms with Gasteiger partial charge in [-0.3, -0.25) is 9.39 Å². The molecule has 0 saturated carbocycles. The zero-order valence-electron chi connectivity index (χ0n) is 14.9. The molecule has 2 aromatic rings. The number of fused-ring (bicyclic) bond motifs is 1. The Labute approximate surface area is 142 Å². The van der Waals surface area contributed by atoms with Gasteiger partial charge in [0.25, 0.3) is 0 Å². The first-order chi connectivity index (χ1) is 11.5. The summed E-state index contributed by atoms with van der Waals surface area (Å²) in [5.74, 6) is 2.47. The van der Waals surface area contributed by atoms with Gasteiger partial charge in [0.15, 0.2) is 11.7 Å². The maximum atomic E-state index is 5.30. The van der Waals surface area contributed by atoms with E-state index in [1.807, 2.05) is 17.5 Å². The van der Waals surface area contributed by atoms with Gasteiger partial charge in [0.05, 0.1) is 19.2 Å². The highest BCUT2D eigenvalue weighted by Crippen LogP contribution is 2.19. The molecule has 0 fully saturated rings. The first-order valence-corrected chi connectivity index (χ1v) is 8.30. The van der Waals surface area contributed by atoms with Crippen molar-refractivity contribution in [2.75, 3.05) is 32.1 Å². The van der Waals surface area contributed by atoms with Gasteiger partial charge in [0.2, 0.25) is 5.65 Å². The molecule has 3 heterocycles. The Hall–Kier alpha value is -2.22. The minimum atomic E-state index is 0.247. The zero-order valence-corrected chi connectivity index (χ0v) is 14.9. The fourth-order valence-electron chi connectivity index (χ4n) is 2.93. The molecule has 1 atom stereocenters. The number of nitrogens with one attached hydrogen (secondary N) is 1. The largest absolute Gasteiger partial charge is 0.383 e. The van der Waals surface area contributed by atoms with Crippen molar-refractivity contribution in [3.63, 3.8) is 0 Å². The second kappa shape index (κ2) is 6.72. The number of aliphatic imine (C=N–C) groups is 1. The van der Waals surface area contributed by atoms with E-state index in [-0.39, 0.29) is 12.1 Å². The first-order valence-electron chi connectivity index (χ1n) is 8.30. The Morgan fingerprint density at radius 1 is 1.29 bits per heavy atom. The average Bonchev–Trinajstić information content (AvgIpc) is 3.14. The van der Waals surface area contributed by atoms with Crippen molar-refractivity contribution in [2.24, 2.45) is 4.99 Å². The third kappa shape index (κ3) is 3.06. The van der Waals surface area contributed by atoms with Crippen molar-refractivity contribution in [3.05, 3.63) is 17.7 Å². The van der Waals surface area contributed by atoms with Crippen molar-refractivity contribution in [1.82, 2.24) is 24.5 Å². The Morgan fingerprint density at radius 3 is 2.79 bits per heavy atom. The van der Waals surface area contributed by atoms with E-state index in [1.54, 1.807) is 7.11 Å². The minimum Gasteiger partial charge on any atom is -0.383 e. The second-order valence-electron chi connectivity index (χ2n) is 6.42. The lowest BCUT2D eigenvalue weighted by molar-refractivity contribution is 0.140. The molecule has 0 aliphatic carbocycles. The summed E-state index contributed by atoms with van der Waals surface area (Å²) in [7, 11) is 1.72. The summed E-state index contributed by atoms with van der Waals surface area (Å²) in [5, 5.41) is 11.8. The van der Waals surface area contributed by atoms with Gasteiger partial charge in [-0.2, -0.15) is 0 Å². The molecule has 0 bridgehead atoms. The van der Waals surface area contributed by atoms with E-state index in [9.17, 15) is 0 Å². The highest BCUT2D eigenvalue weighted by Gasteiger charge is 2.26. The van der Waals surface area contributed by atoms with Crippen LogP contribution in [0.25, 0.3) is 5.65 Å². The number of ether oxygens (including phenoxy) is 1. The summed E-state index contributed by atoms with van der Waals surface area (Å²) in [6, 6.07) is 0.500. The predicted octanol–water partition coefficient (Wildman–Crippen LogP) is 1.35. The van der Waals surface area contributed by atoms with Crippen LogP contribution in [-0.4, -0.2) is 69.2 Å². The van der Waals surface area contributed by atoms with E-state index in [4.69, 9.17) is 9.72 Å². The van der Waals surface area contributed by atoms with Crippen LogP contribution >= 0.6 is 0 Å². The highest BCUT2D eigenvalue weighted by atomic mass is 16.5. The minimum absolute atomic E-state index is 0.247. The topological polar surface area (TPSA) is 79.9 Å². The lowest BCUT2D eigenvalue weighted by Crippen LogP contribution is -2.39. The fraction of sp³-hybridized carbons (Fsp3) is 0.625. The molecule has 0 amide bonds. The number of hydrogen-bond acceptors (Lipinski definition) is 7. The summed E-state index contributed by atoms with van der Waals surface area (Å²) < 4.78 is 7.26. The number of amidine groups is 1. The van der Waals surface area contributed by atoms with Gasteiger partial charge in [-0.25, -0.2) is 4.98 Å². The highest BCUT2D eigenvalue weighted by molar-refractivity contribution is 5.98. The van der Waals surface area contributed by atoms with Crippen molar-refractivity contribution >= 4 is 17.3 Å². The summed E-state index contributed by atoms with van der Waals surface area (Å²) in [6.45, 7) is 10.5. The van der Waals surface area contributed by atoms with E-state index in [0.29, 0.717) is 6.61 Å². The summed E-state index contributed by atoms with van der Waals surface area (Å²) in [4.78, 5) is 11.7. The number of hydrogen-bond donors (Lipinski definition) is 1. The van der Waals surface area contributed by atoms with Crippen LogP contribution in [0.4, 0.5) is 5.82 Å². The number of anilines is 1. The van der Waals surface area contributed by atoms with Gasteiger partial charge >= 0.3 is 0 Å². The fourth-order valence-corrected chi connectivity index (χ4v) is 2.93. The Kier molecular flexibility index (Phi) is 4.66. The number of rotatable bonds is 6. The molecule has 1 N–H and O–H groups in total. The van der Waals surface area contributed by atoms with E-state index < -0.39 is 0 Å². The Bertz CT molecular complexity index is 752. The van der Waals surface area contributed by atoms with Gasteiger partial charge in [-0.05, 0) is 27.7 Å². The lowest BCUT2D eigenvalue weighted by atomic mass is 10.2. The molecule has 3 rings (SSSR count). The molecule has 0 unspecified atom stereocenters. The van der Waals surface area contributed by atoms with Gasteiger partial charge in [0, 0.05) is 25.9 Å². The Balaban J connectivity index is 2.04. The smallest absolute Gasteiger partial charge is 0.203 e. The number of aryl methyl sites for hydroxylation is 1. The standard InChI is InChI=1S/C16H25N7O/c1-10(2)18-14-16-21-20-12(4)23(16)8-13(19-14)15-17-6-7-22(15)11(3)9-24-5/h8,10-11H,6-7,9H2,1-5H3,(H,18,19)/t11-/m0/s1. The molecule has 8 heteroatoms. The average molecular weight is 331 g/mol. The maximum Gasteiger partial charge on any atom is 0.203 e. The maximum absolute atomic E-state index is 5.30. The molecule has 0 radical (unpaired) electrons. The number of methoxy groups -OCH3 is 1. The molecular formula is C16H25N7O. The molecule has 24 heavy (non-hydrogen) atoms. The molecular weight excluding hydrogens is 306 g/mol. The molecule has 0 saturated heterocycles. The van der Waals surface area contributed by atoms with Crippen LogP contribution in [0.3, 0.4) is 0 Å². The second-order valence-corrected chi connectivity index (χ2v) is 6.42. The number of aromatic nitrogens is 4. The predicted molar refractivity (Wildman–Crippen MR) is 93.7 cm³/mol. The molecule has 1 aliphatic rings. The normalized spacial score (nSPS) is 16.1. The van der Waals surface area contributed by atoms with Crippen LogP contribution < -0.4 is 5.32 Å². The van der Waals surface area contributed by atoms with Crippen LogP contribution in [0.2, 0.25) is 0 Å². The third-order valence-corrected chi connectivity index (χ3v) is 4.03. The molecule has 0 aromatic carbocycles. The lowest BCUT2D eigenvalue weighted by Gasteiger charge is -2.27. The molecule has 8 nitrogen and oxygen atoms in total. The van der Waals surface area contributed by atoms with Crippen LogP contribution in [0.15, 0.2) is 11.2 Å². The van der Waals surface area contributed by atoms with Gasteiger partial charge in [-0.15, -0.1) is 10.2 Å². The quantitative estimate of drug-likeness (QED) is 0.861. The molecule has 1 aliphatic heterocycles. The zero-order chi connectivity index (χ0) is 17.3. The van der Waals surface area contributed by atoms with Gasteiger partial charge in [0.1, 0.15) is 11.5 Å². The van der Waals surface area contributed by atoms with E-state index in [2.05, 4.69) is 46.2 Å². The summed E-state index contributed by atoms with van der Waals surface area (Å²) in [6.07, 6.45) is 1.97. The van der Waals surface area contributed by atoms with Crippen LogP contribution in [-0.2, 0) is 4.74 Å². The van der Waals surface area contributed by atoms with Crippen LogP contribution in [0, 0.1) is 6.92 Å². The van der Waals surface area contributed by atoms with E-state index in [0.717, 1.165) is 41.9 Å². The Morgan fingerprint density at radius 2 is 2.08 bits per heavy atom. The van der Waals surface area contributed by atoms with Crippen molar-refractivity contribution in [2.45, 2.75) is 39.8 Å². The van der Waals surface area contributed by atoms with E-state index in [1.165, 1.54) is 0 Å². The molecule has 0 spiro atoms. The van der Waals surface area contributed by atoms with Crippen molar-refractivity contribution < 1.29 is 4.74 Å². The molecule has 2 aromatic heterocycles. The third-order valence-electron chi connectivity index (χ3n) is 4.03. The SMILES string of the molecule is COC[C@H](C)N1CCN=C1c1cn2c(C)nnc2c(NC(C)C)n1. The first kappa shape index (κ1) is 16.6. The van der Waals surface area contributed by atoms with Crippen LogP contribution in [0.1, 0.15) is 32.3 Å². The summed E-state index contributed by atoms with van der Waals surface area (Å²) in [5.41, 5.74) is 1.56. The van der Waals surface area contributed by atoms with Gasteiger partial charge < -0.3 is 15.0 Å². The number of nitrogens with zero attached hydrogens (tertiary/aromatic N) is 6. The molecule has 130 valence electrons. The van der Waals surface area contributed by atoms with Crippen molar-refractivity contribution in [1.29, 1.82) is 0 Å².